The van der Waals surface area contributed by atoms with E-state index in [2.05, 4.69) is 5.32 Å². The fourth-order valence-corrected chi connectivity index (χ4v) is 3.22. The van der Waals surface area contributed by atoms with Gasteiger partial charge in [0.05, 0.1) is 4.92 Å². The minimum Gasteiger partial charge on any atom is -0.451 e. The van der Waals surface area contributed by atoms with Crippen LogP contribution in [-0.2, 0) is 9.53 Å². The van der Waals surface area contributed by atoms with E-state index in [-0.39, 0.29) is 16.0 Å². The first-order chi connectivity index (χ1) is 12.8. The van der Waals surface area contributed by atoms with E-state index in [0.717, 1.165) is 29.5 Å². The molecule has 0 aliphatic heterocycles. The van der Waals surface area contributed by atoms with E-state index in [1.165, 1.54) is 18.2 Å². The summed E-state index contributed by atoms with van der Waals surface area (Å²) in [7, 11) is 0. The average molecular weight is 392 g/mol. The first kappa shape index (κ1) is 18.4. The standard InChI is InChI=1S/C17H10F2N2O5S/c18-11-2-1-3-14-10(11)7-15(27-14)17(23)26-8-16(22)20-9-4-5-12(19)13(6-9)21(24)25/h1-7H,8H2,(H,20,22). The molecule has 0 radical (unpaired) electrons. The Bertz CT molecular complexity index is 1070. The second-order valence-electron chi connectivity index (χ2n) is 5.31. The zero-order valence-corrected chi connectivity index (χ0v) is 14.2. The van der Waals surface area contributed by atoms with Crippen molar-refractivity contribution in [1.29, 1.82) is 0 Å². The highest BCUT2D eigenvalue weighted by atomic mass is 32.1. The molecule has 1 N–H and O–H groups in total. The van der Waals surface area contributed by atoms with Gasteiger partial charge >= 0.3 is 11.7 Å². The highest BCUT2D eigenvalue weighted by Crippen LogP contribution is 2.28. The molecule has 0 unspecified atom stereocenters. The van der Waals surface area contributed by atoms with Gasteiger partial charge in [-0.1, -0.05) is 6.07 Å². The summed E-state index contributed by atoms with van der Waals surface area (Å²) in [5.74, 6) is -3.09. The van der Waals surface area contributed by atoms with Crippen molar-refractivity contribution >= 4 is 44.7 Å². The lowest BCUT2D eigenvalue weighted by molar-refractivity contribution is -0.387. The number of anilines is 1. The fraction of sp³-hybridized carbons (Fsp3) is 0.0588. The normalized spacial score (nSPS) is 10.6. The van der Waals surface area contributed by atoms with E-state index in [0.29, 0.717) is 4.70 Å². The highest BCUT2D eigenvalue weighted by molar-refractivity contribution is 7.20. The number of carbonyl (C=O) groups is 2. The van der Waals surface area contributed by atoms with Gasteiger partial charge in [-0.15, -0.1) is 11.3 Å². The Morgan fingerprint density at radius 1 is 1.15 bits per heavy atom. The van der Waals surface area contributed by atoms with Crippen LogP contribution < -0.4 is 5.32 Å². The molecule has 0 spiro atoms. The van der Waals surface area contributed by atoms with Gasteiger partial charge in [-0.2, -0.15) is 4.39 Å². The molecule has 0 aliphatic carbocycles. The Morgan fingerprint density at radius 3 is 2.63 bits per heavy atom. The number of esters is 1. The predicted octanol–water partition coefficient (Wildman–Crippen LogP) is 3.88. The molecule has 0 atom stereocenters. The van der Waals surface area contributed by atoms with Crippen LogP contribution in [-0.4, -0.2) is 23.4 Å². The Kier molecular flexibility index (Phi) is 5.08. The molecule has 0 saturated carbocycles. The third-order valence-electron chi connectivity index (χ3n) is 3.47. The summed E-state index contributed by atoms with van der Waals surface area (Å²) < 4.78 is 32.3. The second kappa shape index (κ2) is 7.46. The highest BCUT2D eigenvalue weighted by Gasteiger charge is 2.17. The number of fused-ring (bicyclic) bond motifs is 1. The number of amides is 1. The number of thiophene rings is 1. The topological polar surface area (TPSA) is 98.5 Å². The van der Waals surface area contributed by atoms with Crippen LogP contribution in [0, 0.1) is 21.7 Å². The van der Waals surface area contributed by atoms with E-state index in [1.54, 1.807) is 6.07 Å². The molecule has 0 bridgehead atoms. The van der Waals surface area contributed by atoms with Crippen LogP contribution in [0.4, 0.5) is 20.2 Å². The van der Waals surface area contributed by atoms with Crippen molar-refractivity contribution in [2.24, 2.45) is 0 Å². The van der Waals surface area contributed by atoms with Gasteiger partial charge in [-0.05, 0) is 30.3 Å². The Labute approximate surface area is 154 Å². The number of benzene rings is 2. The molecular weight excluding hydrogens is 382 g/mol. The van der Waals surface area contributed by atoms with Gasteiger partial charge in [0.1, 0.15) is 10.7 Å². The molecule has 1 amide bonds. The van der Waals surface area contributed by atoms with Crippen LogP contribution in [0.3, 0.4) is 0 Å². The number of nitro benzene ring substituents is 1. The lowest BCUT2D eigenvalue weighted by Crippen LogP contribution is -2.20. The number of rotatable bonds is 5. The molecule has 27 heavy (non-hydrogen) atoms. The van der Waals surface area contributed by atoms with Crippen LogP contribution >= 0.6 is 11.3 Å². The third-order valence-corrected chi connectivity index (χ3v) is 4.55. The number of nitrogens with one attached hydrogen (secondary N) is 1. The number of carbonyl (C=O) groups excluding carboxylic acids is 2. The van der Waals surface area contributed by atoms with Crippen molar-refractivity contribution in [2.75, 3.05) is 11.9 Å². The number of nitrogens with zero attached hydrogens (tertiary/aromatic N) is 1. The van der Waals surface area contributed by atoms with E-state index < -0.39 is 40.7 Å². The maximum absolute atomic E-state index is 13.7. The quantitative estimate of drug-likeness (QED) is 0.404. The Balaban J connectivity index is 1.63. The number of ether oxygens (including phenoxy) is 1. The first-order valence-electron chi connectivity index (χ1n) is 7.44. The van der Waals surface area contributed by atoms with Gasteiger partial charge in [0.2, 0.25) is 5.82 Å². The van der Waals surface area contributed by atoms with Gasteiger partial charge in [0, 0.05) is 21.8 Å². The van der Waals surface area contributed by atoms with E-state index in [1.807, 2.05) is 0 Å². The van der Waals surface area contributed by atoms with Gasteiger partial charge in [0.15, 0.2) is 6.61 Å². The molecule has 3 aromatic rings. The maximum Gasteiger partial charge on any atom is 0.348 e. The lowest BCUT2D eigenvalue weighted by Gasteiger charge is -2.06. The minimum absolute atomic E-state index is 0.0203. The third kappa shape index (κ3) is 4.06. The van der Waals surface area contributed by atoms with Crippen molar-refractivity contribution in [1.82, 2.24) is 0 Å². The number of halogens is 2. The Hall–Kier alpha value is -3.40. The van der Waals surface area contributed by atoms with Crippen LogP contribution in [0.15, 0.2) is 42.5 Å². The second-order valence-corrected chi connectivity index (χ2v) is 6.39. The SMILES string of the molecule is O=C(COC(=O)c1cc2c(F)cccc2s1)Nc1ccc(F)c([N+](=O)[O-])c1. The smallest absolute Gasteiger partial charge is 0.348 e. The molecule has 0 saturated heterocycles. The van der Waals surface area contributed by atoms with Crippen molar-refractivity contribution in [3.05, 3.63) is 69.1 Å². The molecule has 7 nitrogen and oxygen atoms in total. The van der Waals surface area contributed by atoms with E-state index in [9.17, 15) is 28.5 Å². The van der Waals surface area contributed by atoms with Crippen LogP contribution in [0.2, 0.25) is 0 Å². The summed E-state index contributed by atoms with van der Waals surface area (Å²) in [4.78, 5) is 33.7. The Morgan fingerprint density at radius 2 is 1.93 bits per heavy atom. The summed E-state index contributed by atoms with van der Waals surface area (Å²) in [5.41, 5.74) is -0.815. The molecule has 2 aromatic carbocycles. The summed E-state index contributed by atoms with van der Waals surface area (Å²) in [6.07, 6.45) is 0. The lowest BCUT2D eigenvalue weighted by atomic mass is 10.2. The number of hydrogen-bond donors (Lipinski definition) is 1. The summed E-state index contributed by atoms with van der Waals surface area (Å²) >= 11 is 1.02. The van der Waals surface area contributed by atoms with Crippen molar-refractivity contribution in [3.63, 3.8) is 0 Å². The molecule has 0 fully saturated rings. The summed E-state index contributed by atoms with van der Waals surface area (Å²) in [5, 5.41) is 13.2. The van der Waals surface area contributed by atoms with Crippen molar-refractivity contribution in [2.45, 2.75) is 0 Å². The molecule has 1 heterocycles. The molecule has 1 aromatic heterocycles. The van der Waals surface area contributed by atoms with Gasteiger partial charge in [-0.25, -0.2) is 9.18 Å². The number of hydrogen-bond acceptors (Lipinski definition) is 6. The first-order valence-corrected chi connectivity index (χ1v) is 8.26. The maximum atomic E-state index is 13.7. The monoisotopic (exact) mass is 392 g/mol. The molecule has 3 rings (SSSR count). The molecule has 138 valence electrons. The van der Waals surface area contributed by atoms with Crippen LogP contribution in [0.1, 0.15) is 9.67 Å². The van der Waals surface area contributed by atoms with E-state index >= 15 is 0 Å². The average Bonchev–Trinajstić information content (AvgIpc) is 3.07. The fourth-order valence-electron chi connectivity index (χ4n) is 2.26. The number of nitro groups is 1. The zero-order chi connectivity index (χ0) is 19.6. The van der Waals surface area contributed by atoms with E-state index in [4.69, 9.17) is 4.74 Å². The summed E-state index contributed by atoms with van der Waals surface area (Å²) in [6, 6.07) is 8.58. The van der Waals surface area contributed by atoms with Crippen molar-refractivity contribution in [3.8, 4) is 0 Å². The van der Waals surface area contributed by atoms with Crippen LogP contribution in [0.25, 0.3) is 10.1 Å². The largest absolute Gasteiger partial charge is 0.451 e. The molecule has 10 heteroatoms. The van der Waals surface area contributed by atoms with Crippen molar-refractivity contribution < 1.29 is 28.0 Å². The van der Waals surface area contributed by atoms with Crippen LogP contribution in [0.5, 0.6) is 0 Å². The summed E-state index contributed by atoms with van der Waals surface area (Å²) in [6.45, 7) is -0.666. The predicted molar refractivity (Wildman–Crippen MR) is 93.7 cm³/mol. The minimum atomic E-state index is -1.04. The molecule has 0 aliphatic rings. The zero-order valence-electron chi connectivity index (χ0n) is 13.4. The van der Waals surface area contributed by atoms with Gasteiger partial charge < -0.3 is 10.1 Å². The van der Waals surface area contributed by atoms with Gasteiger partial charge in [-0.3, -0.25) is 14.9 Å². The molecular formula is C17H10F2N2O5S. The van der Waals surface area contributed by atoms with Gasteiger partial charge in [0.25, 0.3) is 5.91 Å².